The predicted molar refractivity (Wildman–Crippen MR) is 90.9 cm³/mol. The fraction of sp³-hybridized carbons (Fsp3) is 0.111. The molecule has 0 unspecified atom stereocenters. The monoisotopic (exact) mass is 321 g/mol. The van der Waals surface area contributed by atoms with Crippen molar-refractivity contribution in [3.05, 3.63) is 92.3 Å². The van der Waals surface area contributed by atoms with Crippen LogP contribution in [0.5, 0.6) is 0 Å². The van der Waals surface area contributed by atoms with E-state index in [1.54, 1.807) is 18.2 Å². The van der Waals surface area contributed by atoms with Crippen molar-refractivity contribution in [2.24, 2.45) is 0 Å². The minimum Gasteiger partial charge on any atom is -0.268 e. The molecule has 3 aromatic rings. The van der Waals surface area contributed by atoms with Crippen molar-refractivity contribution in [2.45, 2.75) is 13.5 Å². The van der Waals surface area contributed by atoms with Crippen LogP contribution in [0.3, 0.4) is 0 Å². The molecule has 0 fully saturated rings. The van der Waals surface area contributed by atoms with Crippen molar-refractivity contribution in [2.75, 3.05) is 0 Å². The Balaban J connectivity index is 1.94. The highest BCUT2D eigenvalue weighted by Gasteiger charge is 2.08. The van der Waals surface area contributed by atoms with Gasteiger partial charge in [0, 0.05) is 23.8 Å². The van der Waals surface area contributed by atoms with Gasteiger partial charge in [0.15, 0.2) is 0 Å². The average Bonchev–Trinajstić information content (AvgIpc) is 2.57. The molecule has 24 heavy (non-hydrogen) atoms. The Kier molecular flexibility index (Phi) is 4.20. The second-order valence-electron chi connectivity index (χ2n) is 5.51. The van der Waals surface area contributed by atoms with Crippen molar-refractivity contribution in [3.63, 3.8) is 0 Å². The maximum absolute atomic E-state index is 12.0. The van der Waals surface area contributed by atoms with Gasteiger partial charge in [-0.1, -0.05) is 29.8 Å². The van der Waals surface area contributed by atoms with Crippen LogP contribution in [0.25, 0.3) is 11.3 Å². The topological polar surface area (TPSA) is 78.0 Å². The predicted octanol–water partition coefficient (Wildman–Crippen LogP) is 3.18. The smallest absolute Gasteiger partial charge is 0.268 e. The molecule has 0 spiro atoms. The van der Waals surface area contributed by atoms with Gasteiger partial charge in [-0.15, -0.1) is 0 Å². The van der Waals surface area contributed by atoms with Crippen LogP contribution in [0.1, 0.15) is 11.1 Å². The fourth-order valence-corrected chi connectivity index (χ4v) is 2.45. The molecule has 0 amide bonds. The minimum atomic E-state index is -0.449. The van der Waals surface area contributed by atoms with Gasteiger partial charge in [0.05, 0.1) is 17.2 Å². The Morgan fingerprint density at radius 1 is 1.08 bits per heavy atom. The molecular formula is C18H15N3O3. The standard InChI is InChI=1S/C18H15N3O3/c1-13-3-2-4-14(11-13)12-20-18(22)10-9-17(19-20)15-5-7-16(8-6-15)21(23)24/h2-11H,12H2,1H3. The number of aromatic nitrogens is 2. The van der Waals surface area contributed by atoms with Crippen LogP contribution in [0.15, 0.2) is 65.5 Å². The van der Waals surface area contributed by atoms with Crippen LogP contribution in [0, 0.1) is 17.0 Å². The van der Waals surface area contributed by atoms with Gasteiger partial charge in [-0.3, -0.25) is 14.9 Å². The zero-order valence-corrected chi connectivity index (χ0v) is 13.0. The molecule has 1 aromatic heterocycles. The summed E-state index contributed by atoms with van der Waals surface area (Å²) in [5, 5.41) is 15.1. The molecule has 0 aliphatic carbocycles. The van der Waals surface area contributed by atoms with Gasteiger partial charge in [-0.2, -0.15) is 5.10 Å². The Morgan fingerprint density at radius 3 is 2.50 bits per heavy atom. The summed E-state index contributed by atoms with van der Waals surface area (Å²) in [5.41, 5.74) is 3.25. The lowest BCUT2D eigenvalue weighted by molar-refractivity contribution is -0.384. The van der Waals surface area contributed by atoms with Crippen molar-refractivity contribution < 1.29 is 4.92 Å². The molecule has 0 radical (unpaired) electrons. The van der Waals surface area contributed by atoms with E-state index in [0.717, 1.165) is 16.7 Å². The highest BCUT2D eigenvalue weighted by Crippen LogP contribution is 2.19. The summed E-state index contributed by atoms with van der Waals surface area (Å²) in [6.45, 7) is 2.37. The Morgan fingerprint density at radius 2 is 1.83 bits per heavy atom. The first kappa shape index (κ1) is 15.6. The maximum Gasteiger partial charge on any atom is 0.269 e. The number of nitro benzene ring substituents is 1. The van der Waals surface area contributed by atoms with Gasteiger partial charge in [0.25, 0.3) is 11.2 Å². The molecule has 6 heteroatoms. The number of benzene rings is 2. The highest BCUT2D eigenvalue weighted by atomic mass is 16.6. The van der Waals surface area contributed by atoms with Crippen LogP contribution in [-0.4, -0.2) is 14.7 Å². The van der Waals surface area contributed by atoms with E-state index in [9.17, 15) is 14.9 Å². The van der Waals surface area contributed by atoms with E-state index < -0.39 is 4.92 Å². The number of rotatable bonds is 4. The largest absolute Gasteiger partial charge is 0.269 e. The Bertz CT molecular complexity index is 946. The van der Waals surface area contributed by atoms with Gasteiger partial charge in [0.1, 0.15) is 0 Å². The lowest BCUT2D eigenvalue weighted by atomic mass is 10.1. The van der Waals surface area contributed by atoms with Crippen LogP contribution in [0.4, 0.5) is 5.69 Å². The number of non-ortho nitro benzene ring substituents is 1. The molecule has 6 nitrogen and oxygen atoms in total. The van der Waals surface area contributed by atoms with Gasteiger partial charge in [0.2, 0.25) is 0 Å². The summed E-state index contributed by atoms with van der Waals surface area (Å²) in [7, 11) is 0. The third kappa shape index (κ3) is 3.38. The second-order valence-corrected chi connectivity index (χ2v) is 5.51. The minimum absolute atomic E-state index is 0.0202. The molecule has 0 saturated heterocycles. The second kappa shape index (κ2) is 6.45. The van der Waals surface area contributed by atoms with Gasteiger partial charge in [-0.25, -0.2) is 4.68 Å². The molecule has 0 saturated carbocycles. The van der Waals surface area contributed by atoms with E-state index in [2.05, 4.69) is 5.10 Å². The summed E-state index contributed by atoms with van der Waals surface area (Å²) in [6, 6.07) is 17.1. The summed E-state index contributed by atoms with van der Waals surface area (Å²) in [6.07, 6.45) is 0. The van der Waals surface area contributed by atoms with E-state index in [1.807, 2.05) is 31.2 Å². The normalized spacial score (nSPS) is 10.5. The maximum atomic E-state index is 12.0. The number of aryl methyl sites for hydroxylation is 1. The van der Waals surface area contributed by atoms with E-state index in [4.69, 9.17) is 0 Å². The zero-order chi connectivity index (χ0) is 17.1. The summed E-state index contributed by atoms with van der Waals surface area (Å²) >= 11 is 0. The molecular weight excluding hydrogens is 306 g/mol. The van der Waals surface area contributed by atoms with Crippen LogP contribution >= 0.6 is 0 Å². The average molecular weight is 321 g/mol. The SMILES string of the molecule is Cc1cccc(Cn2nc(-c3ccc([N+](=O)[O-])cc3)ccc2=O)c1. The van der Waals surface area contributed by atoms with Crippen LogP contribution in [-0.2, 0) is 6.54 Å². The summed E-state index contributed by atoms with van der Waals surface area (Å²) in [5.74, 6) is 0. The van der Waals surface area contributed by atoms with Gasteiger partial charge >= 0.3 is 0 Å². The first-order valence-corrected chi connectivity index (χ1v) is 7.41. The molecule has 2 aromatic carbocycles. The Labute approximate surface area is 138 Å². The first-order valence-electron chi connectivity index (χ1n) is 7.41. The van der Waals surface area contributed by atoms with Crippen molar-refractivity contribution in [1.29, 1.82) is 0 Å². The van der Waals surface area contributed by atoms with Crippen LogP contribution < -0.4 is 5.56 Å². The quantitative estimate of drug-likeness (QED) is 0.546. The highest BCUT2D eigenvalue weighted by molar-refractivity contribution is 5.60. The number of hydrogen-bond acceptors (Lipinski definition) is 4. The molecule has 120 valence electrons. The van der Waals surface area contributed by atoms with E-state index in [1.165, 1.54) is 22.9 Å². The van der Waals surface area contributed by atoms with Crippen molar-refractivity contribution in [3.8, 4) is 11.3 Å². The third-order valence-electron chi connectivity index (χ3n) is 3.66. The van der Waals surface area contributed by atoms with Crippen molar-refractivity contribution >= 4 is 5.69 Å². The lowest BCUT2D eigenvalue weighted by Crippen LogP contribution is -2.22. The van der Waals surface area contributed by atoms with Gasteiger partial charge in [-0.05, 0) is 30.7 Å². The Hall–Kier alpha value is -3.28. The zero-order valence-electron chi connectivity index (χ0n) is 13.0. The van der Waals surface area contributed by atoms with E-state index in [0.29, 0.717) is 12.2 Å². The number of hydrogen-bond donors (Lipinski definition) is 0. The first-order chi connectivity index (χ1) is 11.5. The molecule has 0 aliphatic heterocycles. The fourth-order valence-electron chi connectivity index (χ4n) is 2.45. The summed E-state index contributed by atoms with van der Waals surface area (Å²) < 4.78 is 1.39. The molecule has 3 rings (SSSR count). The molecule has 0 atom stereocenters. The molecule has 0 N–H and O–H groups in total. The van der Waals surface area contributed by atoms with E-state index in [-0.39, 0.29) is 11.2 Å². The lowest BCUT2D eigenvalue weighted by Gasteiger charge is -2.08. The number of nitro groups is 1. The summed E-state index contributed by atoms with van der Waals surface area (Å²) in [4.78, 5) is 22.3. The van der Waals surface area contributed by atoms with Crippen molar-refractivity contribution in [1.82, 2.24) is 9.78 Å². The molecule has 0 bridgehead atoms. The van der Waals surface area contributed by atoms with Crippen LogP contribution in [0.2, 0.25) is 0 Å². The molecule has 1 heterocycles. The third-order valence-corrected chi connectivity index (χ3v) is 3.66. The van der Waals surface area contributed by atoms with E-state index >= 15 is 0 Å². The number of nitrogens with zero attached hydrogens (tertiary/aromatic N) is 3. The molecule has 0 aliphatic rings. The van der Waals surface area contributed by atoms with Gasteiger partial charge < -0.3 is 0 Å².